The van der Waals surface area contributed by atoms with Crippen LogP contribution < -0.4 is 20.9 Å². The zero-order valence-electron chi connectivity index (χ0n) is 102. The van der Waals surface area contributed by atoms with E-state index in [1.165, 1.54) is 57.2 Å². The number of carbonyl (C=O) groups is 6. The lowest BCUT2D eigenvalue weighted by Crippen LogP contribution is -2.54. The summed E-state index contributed by atoms with van der Waals surface area (Å²) < 4.78 is 11.1. The van der Waals surface area contributed by atoms with Gasteiger partial charge in [-0.05, 0) is 338 Å². The van der Waals surface area contributed by atoms with Crippen LogP contribution in [-0.4, -0.2) is 275 Å². The second-order valence-electron chi connectivity index (χ2n) is 60.2. The van der Waals surface area contributed by atoms with E-state index in [0.29, 0.717) is 95.3 Å². The van der Waals surface area contributed by atoms with Gasteiger partial charge in [-0.2, -0.15) is 0 Å². The molecule has 3 N–H and O–H groups in total. The summed E-state index contributed by atoms with van der Waals surface area (Å²) in [5, 5.41) is 10.0. The molecule has 5 amide bonds. The summed E-state index contributed by atoms with van der Waals surface area (Å²) in [6, 6.07) is 6.43. The van der Waals surface area contributed by atoms with Crippen molar-refractivity contribution in [1.29, 1.82) is 0 Å². The van der Waals surface area contributed by atoms with Gasteiger partial charge in [0.1, 0.15) is 24.8 Å². The molecular weight excluding hydrogens is 1760 g/mol. The van der Waals surface area contributed by atoms with Gasteiger partial charge in [-0.25, -0.2) is 4.98 Å². The molecule has 0 unspecified atom stereocenters. The summed E-state index contributed by atoms with van der Waals surface area (Å²) in [4.78, 5) is 97.0. The van der Waals surface area contributed by atoms with Gasteiger partial charge in [0.25, 0.3) is 0 Å². The number of rotatable bonds is 18. The standard InChI is InChI=1S/C18H30N2.C16H31NO.2C15H30N2O.2C15H29NO2.C14H28N2O.C13H28N2/c1-17(2,3)14-8-11-20(12-9-14)16-13-15(7-10-19-16)18(4,5)6;1-15(2,3)11-14(18)12-17-9-7-13(8-10-17)16(4,5)6;1-14(2,3)9-7-13(18)16-12-8-10-17(11-12)15(4,5)6;1-14(2,3)8-7-13(18)16-9-11-17(12-10-16)15(4,5)6;2*1-14(2,3)12-7-9-16(10-8-12)13(17)11-18-15(4,5)6;1-11(2)16-9-7-12(10-16)15-13(17)6-8-14(3,4)5;1-12(2,3)14-11-7-9-15(10-8-11)13(4,5)6/h7,10,13-14H,8-9,11-12H2,1-6H3;13H,7-12H2,1-6H3;12H,7-11H2,1-6H3,(H,16,18);7-12H2,1-6H3;2*12H,7-11H2,1-6H3;11-12H,6-10H2,1-5H3,(H,15,17);11,14H,7-10H2,1-6H3/t;;12-;;;;12-;/m..1...0./s1. The van der Waals surface area contributed by atoms with Gasteiger partial charge >= 0.3 is 0 Å². The topological polar surface area (TPSA) is 199 Å². The van der Waals surface area contributed by atoms with E-state index in [-0.39, 0.29) is 91.7 Å². The Morgan fingerprint density at radius 2 is 0.690 bits per heavy atom. The highest BCUT2D eigenvalue weighted by atomic mass is 16.5. The Morgan fingerprint density at radius 1 is 0.359 bits per heavy atom. The number of likely N-dealkylation sites (tertiary alicyclic amines) is 6. The lowest BCUT2D eigenvalue weighted by Gasteiger charge is -2.42. The molecule has 8 aliphatic heterocycles. The molecule has 832 valence electrons. The number of ether oxygens (including phenoxy) is 2. The molecule has 142 heavy (non-hydrogen) atoms. The quantitative estimate of drug-likeness (QED) is 0.125. The minimum absolute atomic E-state index is 0.126. The first kappa shape index (κ1) is 134. The molecule has 9 heterocycles. The van der Waals surface area contributed by atoms with Gasteiger partial charge in [0.05, 0.1) is 17.7 Å². The first-order valence-electron chi connectivity index (χ1n) is 56.5. The lowest BCUT2D eigenvalue weighted by atomic mass is 9.75. The molecule has 0 spiro atoms. The van der Waals surface area contributed by atoms with Crippen molar-refractivity contribution in [3.05, 3.63) is 23.9 Å². The summed E-state index contributed by atoms with van der Waals surface area (Å²) in [6.07, 6.45) is 21.8. The van der Waals surface area contributed by atoms with E-state index < -0.39 is 0 Å². The molecule has 8 saturated heterocycles. The number of nitrogens with one attached hydrogen (secondary N) is 3. The minimum Gasteiger partial charge on any atom is -0.366 e. The number of hydrogen-bond acceptors (Lipinski definition) is 16. The number of amides is 5. The zero-order chi connectivity index (χ0) is 110. The van der Waals surface area contributed by atoms with E-state index >= 15 is 0 Å². The number of nitrogens with zero attached hydrogens (tertiary/aromatic N) is 10. The van der Waals surface area contributed by atoms with E-state index in [2.05, 4.69) is 346 Å². The van der Waals surface area contributed by atoms with Crippen molar-refractivity contribution in [1.82, 2.24) is 60.1 Å². The monoisotopic (exact) mass is 2000 g/mol. The Labute approximate surface area is 878 Å². The lowest BCUT2D eigenvalue weighted by molar-refractivity contribution is -0.143. The molecule has 1 aromatic rings. The van der Waals surface area contributed by atoms with Gasteiger partial charge < -0.3 is 45.0 Å². The Hall–Kier alpha value is -4.35. The third-order valence-electron chi connectivity index (χ3n) is 29.8. The fraction of sp³-hybridized carbons (Fsp3) is 0.909. The first-order valence-corrected chi connectivity index (χ1v) is 56.5. The number of aromatic nitrogens is 1. The van der Waals surface area contributed by atoms with Crippen molar-refractivity contribution < 1.29 is 38.2 Å². The molecule has 2 atom stereocenters. The zero-order valence-corrected chi connectivity index (χ0v) is 102. The fourth-order valence-corrected chi connectivity index (χ4v) is 19.6. The maximum Gasteiger partial charge on any atom is 0.248 e. The number of piperazine rings is 1. The van der Waals surface area contributed by atoms with Crippen LogP contribution in [0.25, 0.3) is 0 Å². The SMILES string of the molecule is CC(C)(C)CC(=O)CN1CCC(C(C)(C)C)CC1.CC(C)(C)CCC(=O)N1CCN(C(C)(C)C)CC1.CC(C)(C)CCC(=O)N[C@@H]1CCN(C(C)(C)C)C1.CC(C)(C)NC1CCN(C(C)(C)C)CC1.CC(C)(C)OCC(=O)N1CCC(C(C)(C)C)CC1.CC(C)(C)OCC(=O)N1CCC(C(C)(C)C)CC1.CC(C)(C)c1ccnc(N2CCC(C(C)(C)C)CC2)c1.CC(C)N1CC[C@H](NC(=O)CCC(C)(C)C)C1. The normalized spacial score (nSPS) is 20.2. The van der Waals surface area contributed by atoms with Crippen LogP contribution in [0.5, 0.6) is 0 Å². The Kier molecular flexibility index (Phi) is 53.9. The highest BCUT2D eigenvalue weighted by Crippen LogP contribution is 2.40. The summed E-state index contributed by atoms with van der Waals surface area (Å²) in [6.45, 7) is 124. The summed E-state index contributed by atoms with van der Waals surface area (Å²) in [5.74, 6) is 5.70. The Balaban J connectivity index is 0.000000549. The number of anilines is 1. The van der Waals surface area contributed by atoms with E-state index in [1.807, 2.05) is 62.4 Å². The molecule has 21 heteroatoms. The van der Waals surface area contributed by atoms with Crippen molar-refractivity contribution in [3.63, 3.8) is 0 Å². The van der Waals surface area contributed by atoms with Gasteiger partial charge in [-0.3, -0.25) is 53.3 Å². The smallest absolute Gasteiger partial charge is 0.248 e. The van der Waals surface area contributed by atoms with Crippen LogP contribution in [-0.2, 0) is 43.7 Å². The van der Waals surface area contributed by atoms with Gasteiger partial charge in [-0.1, -0.05) is 187 Å². The average molecular weight is 2000 g/mol. The summed E-state index contributed by atoms with van der Waals surface area (Å²) >= 11 is 0. The van der Waals surface area contributed by atoms with Crippen LogP contribution in [0, 0.1) is 67.0 Å². The molecule has 1 aromatic heterocycles. The molecule has 8 aliphatic rings. The number of carbonyl (C=O) groups excluding carboxylic acids is 6. The number of hydrogen-bond donors (Lipinski definition) is 3. The molecule has 9 rings (SSSR count). The predicted octanol–water partition coefficient (Wildman–Crippen LogP) is 25.2. The van der Waals surface area contributed by atoms with Crippen molar-refractivity contribution >= 4 is 41.1 Å². The van der Waals surface area contributed by atoms with E-state index in [9.17, 15) is 28.8 Å². The number of Topliss-reactive ketones (excluding diaryl/α,β-unsaturated/α-hetero) is 1. The van der Waals surface area contributed by atoms with Crippen LogP contribution in [0.1, 0.15) is 453 Å². The molecule has 0 bridgehead atoms. The van der Waals surface area contributed by atoms with Crippen LogP contribution >= 0.6 is 0 Å². The fourth-order valence-electron chi connectivity index (χ4n) is 19.6. The molecule has 0 saturated carbocycles. The molecular formula is C121H235N13O8. The van der Waals surface area contributed by atoms with Gasteiger partial charge in [0.15, 0.2) is 0 Å². The molecule has 21 nitrogen and oxygen atoms in total. The van der Waals surface area contributed by atoms with Gasteiger partial charge in [0, 0.05) is 183 Å². The first-order chi connectivity index (χ1) is 64.1. The Morgan fingerprint density at radius 3 is 1.01 bits per heavy atom. The molecule has 0 aromatic carbocycles. The van der Waals surface area contributed by atoms with E-state index in [0.717, 1.165) is 192 Å². The molecule has 0 aliphatic carbocycles. The molecule has 0 radical (unpaired) electrons. The van der Waals surface area contributed by atoms with Gasteiger partial charge in [-0.15, -0.1) is 0 Å². The van der Waals surface area contributed by atoms with Crippen molar-refractivity contribution in [2.45, 2.75) is 510 Å². The maximum atomic E-state index is 12.1. The van der Waals surface area contributed by atoms with Crippen LogP contribution in [0.15, 0.2) is 18.3 Å². The molecule has 8 fully saturated rings. The minimum atomic E-state index is -0.237. The third-order valence-corrected chi connectivity index (χ3v) is 29.8. The van der Waals surface area contributed by atoms with Crippen molar-refractivity contribution in [2.75, 3.05) is 142 Å². The van der Waals surface area contributed by atoms with Crippen LogP contribution in [0.4, 0.5) is 5.82 Å². The van der Waals surface area contributed by atoms with Crippen LogP contribution in [0.2, 0.25) is 0 Å². The highest BCUT2D eigenvalue weighted by Gasteiger charge is 2.39. The largest absolute Gasteiger partial charge is 0.366 e. The maximum absolute atomic E-state index is 12.1. The van der Waals surface area contributed by atoms with E-state index in [4.69, 9.17) is 9.47 Å². The van der Waals surface area contributed by atoms with Crippen molar-refractivity contribution in [3.8, 4) is 0 Å². The average Bonchev–Trinajstić information content (AvgIpc) is 0.936. The number of ketones is 1. The van der Waals surface area contributed by atoms with Crippen LogP contribution in [0.3, 0.4) is 0 Å². The second kappa shape index (κ2) is 57.2. The summed E-state index contributed by atoms with van der Waals surface area (Å²) in [7, 11) is 0. The second-order valence-corrected chi connectivity index (χ2v) is 60.2. The summed E-state index contributed by atoms with van der Waals surface area (Å²) in [5.41, 5.74) is 4.57. The number of piperidine rings is 5. The highest BCUT2D eigenvalue weighted by molar-refractivity contribution is 5.81. The third kappa shape index (κ3) is 59.3. The van der Waals surface area contributed by atoms with Crippen molar-refractivity contribution in [2.24, 2.45) is 67.0 Å². The predicted molar refractivity (Wildman–Crippen MR) is 606 cm³/mol. The number of pyridine rings is 1. The van der Waals surface area contributed by atoms with Gasteiger partial charge in [0.2, 0.25) is 29.5 Å². The Bertz CT molecular complexity index is 3580. The van der Waals surface area contributed by atoms with E-state index in [1.54, 1.807) is 0 Å².